The number of anilines is 2. The maximum Gasteiger partial charge on any atom is 0.265 e. The molecule has 2 aliphatic rings. The number of hydrogen-bond acceptors (Lipinski definition) is 5. The Kier molecular flexibility index (Phi) is 6.27. The molecule has 0 radical (unpaired) electrons. The van der Waals surface area contributed by atoms with E-state index in [9.17, 15) is 9.59 Å². The van der Waals surface area contributed by atoms with E-state index in [1.165, 1.54) is 36.3 Å². The molecule has 1 saturated heterocycles. The van der Waals surface area contributed by atoms with Crippen LogP contribution in [0.15, 0.2) is 53.6 Å². The van der Waals surface area contributed by atoms with Crippen molar-refractivity contribution >= 4 is 29.4 Å². The molecule has 0 aromatic heterocycles. The van der Waals surface area contributed by atoms with Gasteiger partial charge in [-0.25, -0.2) is 5.43 Å². The molecule has 0 spiro atoms. The Morgan fingerprint density at radius 2 is 1.77 bits per heavy atom. The van der Waals surface area contributed by atoms with Gasteiger partial charge in [0, 0.05) is 18.8 Å². The molecule has 1 fully saturated rings. The second-order valence-corrected chi connectivity index (χ2v) is 7.52. The van der Waals surface area contributed by atoms with Crippen LogP contribution in [0.2, 0.25) is 0 Å². The van der Waals surface area contributed by atoms with E-state index < -0.39 is 0 Å². The highest BCUT2D eigenvalue weighted by Crippen LogP contribution is 2.31. The quantitative estimate of drug-likeness (QED) is 0.612. The van der Waals surface area contributed by atoms with E-state index in [1.54, 1.807) is 24.4 Å². The van der Waals surface area contributed by atoms with E-state index in [4.69, 9.17) is 4.74 Å². The summed E-state index contributed by atoms with van der Waals surface area (Å²) in [5.74, 6) is -0.0210. The first-order chi connectivity index (χ1) is 14.7. The SMILES string of the molecule is O=C(CN1C(=O)COc2ccccc21)N/N=C\c1ccc(N2CCCCCC2)cc1. The molecule has 7 nitrogen and oxygen atoms in total. The van der Waals surface area contributed by atoms with Crippen LogP contribution in [0.4, 0.5) is 11.4 Å². The van der Waals surface area contributed by atoms with Crippen molar-refractivity contribution < 1.29 is 14.3 Å². The largest absolute Gasteiger partial charge is 0.482 e. The minimum atomic E-state index is -0.363. The van der Waals surface area contributed by atoms with Crippen molar-refractivity contribution in [3.63, 3.8) is 0 Å². The number of rotatable bonds is 5. The molecule has 2 aromatic rings. The number of ether oxygens (including phenoxy) is 1. The lowest BCUT2D eigenvalue weighted by atomic mass is 10.2. The lowest BCUT2D eigenvalue weighted by Crippen LogP contribution is -2.44. The second kappa shape index (κ2) is 9.43. The van der Waals surface area contributed by atoms with Gasteiger partial charge in [0.15, 0.2) is 6.61 Å². The average Bonchev–Trinajstić information content (AvgIpc) is 3.06. The van der Waals surface area contributed by atoms with Crippen molar-refractivity contribution in [2.45, 2.75) is 25.7 Å². The van der Waals surface area contributed by atoms with Crippen LogP contribution in [0, 0.1) is 0 Å². The van der Waals surface area contributed by atoms with E-state index in [1.807, 2.05) is 18.2 Å². The first kappa shape index (κ1) is 19.9. The van der Waals surface area contributed by atoms with Crippen molar-refractivity contribution in [1.82, 2.24) is 5.43 Å². The second-order valence-electron chi connectivity index (χ2n) is 7.52. The number of nitrogens with one attached hydrogen (secondary N) is 1. The van der Waals surface area contributed by atoms with Gasteiger partial charge in [0.2, 0.25) is 0 Å². The molecule has 2 aromatic carbocycles. The Hall–Kier alpha value is -3.35. The summed E-state index contributed by atoms with van der Waals surface area (Å²) >= 11 is 0. The molecule has 7 heteroatoms. The van der Waals surface area contributed by atoms with E-state index in [0.717, 1.165) is 18.7 Å². The molecule has 0 atom stereocenters. The molecule has 4 rings (SSSR count). The number of carbonyl (C=O) groups excluding carboxylic acids is 2. The number of nitrogens with zero attached hydrogens (tertiary/aromatic N) is 3. The van der Waals surface area contributed by atoms with Gasteiger partial charge in [-0.05, 0) is 42.7 Å². The monoisotopic (exact) mass is 406 g/mol. The lowest BCUT2D eigenvalue weighted by molar-refractivity contribution is -0.125. The van der Waals surface area contributed by atoms with Crippen molar-refractivity contribution in [3.05, 3.63) is 54.1 Å². The summed E-state index contributed by atoms with van der Waals surface area (Å²) in [5.41, 5.74) is 5.22. The van der Waals surface area contributed by atoms with Crippen LogP contribution in [0.25, 0.3) is 0 Å². The van der Waals surface area contributed by atoms with Crippen LogP contribution >= 0.6 is 0 Å². The zero-order chi connectivity index (χ0) is 20.8. The highest BCUT2D eigenvalue weighted by atomic mass is 16.5. The molecule has 0 aliphatic carbocycles. The zero-order valence-electron chi connectivity index (χ0n) is 16.9. The van der Waals surface area contributed by atoms with E-state index in [-0.39, 0.29) is 25.0 Å². The number of benzene rings is 2. The molecule has 1 N–H and O–H groups in total. The van der Waals surface area contributed by atoms with Gasteiger partial charge in [-0.2, -0.15) is 5.10 Å². The molecule has 0 saturated carbocycles. The van der Waals surface area contributed by atoms with Gasteiger partial charge in [-0.3, -0.25) is 14.5 Å². The van der Waals surface area contributed by atoms with Crippen molar-refractivity contribution in [2.24, 2.45) is 5.10 Å². The predicted octanol–water partition coefficient (Wildman–Crippen LogP) is 2.94. The van der Waals surface area contributed by atoms with Gasteiger partial charge in [-0.15, -0.1) is 0 Å². The highest BCUT2D eigenvalue weighted by molar-refractivity contribution is 6.02. The van der Waals surface area contributed by atoms with Crippen LogP contribution < -0.4 is 20.0 Å². The summed E-state index contributed by atoms with van der Waals surface area (Å²) in [6.45, 7) is 2.03. The van der Waals surface area contributed by atoms with Crippen LogP contribution in [0.1, 0.15) is 31.2 Å². The molecule has 2 aliphatic heterocycles. The standard InChI is InChI=1S/C23H26N4O3/c28-22(16-27-20-7-3-4-8-21(20)30-17-23(27)29)25-24-15-18-9-11-19(12-10-18)26-13-5-1-2-6-14-26/h3-4,7-12,15H,1-2,5-6,13-14,16-17H2,(H,25,28)/b24-15-. The van der Waals surface area contributed by atoms with Crippen LogP contribution in [-0.2, 0) is 9.59 Å². The summed E-state index contributed by atoms with van der Waals surface area (Å²) in [7, 11) is 0. The first-order valence-corrected chi connectivity index (χ1v) is 10.4. The van der Waals surface area contributed by atoms with Crippen LogP contribution in [0.5, 0.6) is 5.75 Å². The van der Waals surface area contributed by atoms with Crippen molar-refractivity contribution in [2.75, 3.05) is 36.0 Å². The fraction of sp³-hybridized carbons (Fsp3) is 0.348. The van der Waals surface area contributed by atoms with Gasteiger partial charge < -0.3 is 9.64 Å². The normalized spacial score (nSPS) is 16.7. The summed E-state index contributed by atoms with van der Waals surface area (Å²) < 4.78 is 5.39. The van der Waals surface area contributed by atoms with Crippen molar-refractivity contribution in [3.8, 4) is 5.75 Å². The van der Waals surface area contributed by atoms with Gasteiger partial charge in [0.05, 0.1) is 11.9 Å². The maximum atomic E-state index is 12.3. The zero-order valence-corrected chi connectivity index (χ0v) is 16.9. The molecule has 2 heterocycles. The van der Waals surface area contributed by atoms with Gasteiger partial charge in [0.1, 0.15) is 12.3 Å². The Morgan fingerprint density at radius 1 is 1.03 bits per heavy atom. The van der Waals surface area contributed by atoms with E-state index in [2.05, 4.69) is 27.6 Å². The van der Waals surface area contributed by atoms with E-state index >= 15 is 0 Å². The Bertz CT molecular complexity index is 918. The maximum absolute atomic E-state index is 12.3. The lowest BCUT2D eigenvalue weighted by Gasteiger charge is -2.28. The third kappa shape index (κ3) is 4.79. The van der Waals surface area contributed by atoms with E-state index in [0.29, 0.717) is 11.4 Å². The Balaban J connectivity index is 1.32. The number of hydrazone groups is 1. The summed E-state index contributed by atoms with van der Waals surface area (Å²) in [6.07, 6.45) is 6.71. The summed E-state index contributed by atoms with van der Waals surface area (Å²) in [6, 6.07) is 15.4. The Morgan fingerprint density at radius 3 is 2.53 bits per heavy atom. The van der Waals surface area contributed by atoms with Gasteiger partial charge >= 0.3 is 0 Å². The molecular weight excluding hydrogens is 380 g/mol. The number of fused-ring (bicyclic) bond motifs is 1. The molecular formula is C23H26N4O3. The number of para-hydroxylation sites is 2. The molecule has 0 bridgehead atoms. The Labute approximate surface area is 176 Å². The topological polar surface area (TPSA) is 74.2 Å². The minimum absolute atomic E-state index is 0.0725. The van der Waals surface area contributed by atoms with Crippen molar-refractivity contribution in [1.29, 1.82) is 0 Å². The smallest absolute Gasteiger partial charge is 0.265 e. The third-order valence-electron chi connectivity index (χ3n) is 5.38. The molecule has 0 unspecified atom stereocenters. The van der Waals surface area contributed by atoms with Crippen LogP contribution in [0.3, 0.4) is 0 Å². The van der Waals surface area contributed by atoms with Gasteiger partial charge in [-0.1, -0.05) is 37.1 Å². The number of hydrogen-bond donors (Lipinski definition) is 1. The number of amides is 2. The fourth-order valence-corrected chi connectivity index (χ4v) is 3.79. The summed E-state index contributed by atoms with van der Waals surface area (Å²) in [5, 5.41) is 4.04. The minimum Gasteiger partial charge on any atom is -0.482 e. The fourth-order valence-electron chi connectivity index (χ4n) is 3.79. The third-order valence-corrected chi connectivity index (χ3v) is 5.38. The first-order valence-electron chi connectivity index (χ1n) is 10.4. The molecule has 30 heavy (non-hydrogen) atoms. The number of carbonyl (C=O) groups is 2. The summed E-state index contributed by atoms with van der Waals surface area (Å²) in [4.78, 5) is 28.3. The molecule has 2 amide bonds. The molecule has 156 valence electrons. The average molecular weight is 406 g/mol. The highest BCUT2D eigenvalue weighted by Gasteiger charge is 2.26. The van der Waals surface area contributed by atoms with Gasteiger partial charge in [0.25, 0.3) is 11.8 Å². The predicted molar refractivity (Wildman–Crippen MR) is 117 cm³/mol. The van der Waals surface area contributed by atoms with Crippen LogP contribution in [-0.4, -0.2) is 44.3 Å².